The molecular weight excluding hydrogens is 432 g/mol. The molecule has 0 unspecified atom stereocenters. The maximum atomic E-state index is 13.9. The molecule has 3 rings (SSSR count). The first-order valence-electron chi connectivity index (χ1n) is 12.7. The Morgan fingerprint density at radius 3 is 1.80 bits per heavy atom. The number of carbonyl (C=O) groups is 2. The molecule has 3 aromatic carbocycles. The third-order valence-corrected chi connectivity index (χ3v) is 6.34. The summed E-state index contributed by atoms with van der Waals surface area (Å²) in [5.74, 6) is 0.217. The van der Waals surface area contributed by atoms with E-state index in [0.717, 1.165) is 16.7 Å². The topological polar surface area (TPSA) is 49.4 Å². The zero-order chi connectivity index (χ0) is 25.0. The van der Waals surface area contributed by atoms with Gasteiger partial charge in [0.15, 0.2) is 0 Å². The van der Waals surface area contributed by atoms with Crippen molar-refractivity contribution in [3.8, 4) is 0 Å². The number of carbonyl (C=O) groups excluding carboxylic acids is 2. The molecule has 0 radical (unpaired) electrons. The fraction of sp³-hybridized carbons (Fsp3) is 0.355. The maximum Gasteiger partial charge on any atom is 0.242 e. The van der Waals surface area contributed by atoms with Gasteiger partial charge in [0.1, 0.15) is 6.04 Å². The number of nitrogens with zero attached hydrogens (tertiary/aromatic N) is 1. The smallest absolute Gasteiger partial charge is 0.242 e. The van der Waals surface area contributed by atoms with Gasteiger partial charge in [-0.05, 0) is 35.4 Å². The Labute approximate surface area is 210 Å². The fourth-order valence-electron chi connectivity index (χ4n) is 4.41. The molecule has 0 fully saturated rings. The molecule has 0 bridgehead atoms. The van der Waals surface area contributed by atoms with Crippen LogP contribution in [0.5, 0.6) is 0 Å². The van der Waals surface area contributed by atoms with Gasteiger partial charge in [0.05, 0.1) is 0 Å². The lowest BCUT2D eigenvalue weighted by molar-refractivity contribution is -0.140. The van der Waals surface area contributed by atoms with Gasteiger partial charge in [0.2, 0.25) is 11.8 Å². The lowest BCUT2D eigenvalue weighted by Gasteiger charge is -2.32. The van der Waals surface area contributed by atoms with Crippen LogP contribution in [0.15, 0.2) is 91.0 Å². The number of benzene rings is 3. The Morgan fingerprint density at radius 1 is 0.800 bits per heavy atom. The quantitative estimate of drug-likeness (QED) is 0.362. The summed E-state index contributed by atoms with van der Waals surface area (Å²) < 4.78 is 0. The number of nitrogens with one attached hydrogen (secondary N) is 1. The van der Waals surface area contributed by atoms with Gasteiger partial charge in [0, 0.05) is 25.4 Å². The molecule has 2 amide bonds. The van der Waals surface area contributed by atoms with E-state index in [1.165, 1.54) is 0 Å². The minimum Gasteiger partial charge on any atom is -0.354 e. The molecule has 0 saturated carbocycles. The van der Waals surface area contributed by atoms with Gasteiger partial charge >= 0.3 is 0 Å². The Hall–Kier alpha value is -3.40. The summed E-state index contributed by atoms with van der Waals surface area (Å²) in [6, 6.07) is 30.0. The first-order valence-corrected chi connectivity index (χ1v) is 12.7. The molecular formula is C31H38N2O2. The minimum atomic E-state index is -0.489. The molecule has 184 valence electrons. The van der Waals surface area contributed by atoms with Crippen molar-refractivity contribution in [1.29, 1.82) is 0 Å². The zero-order valence-electron chi connectivity index (χ0n) is 21.2. The summed E-state index contributed by atoms with van der Waals surface area (Å²) in [6.07, 6.45) is 1.60. The van der Waals surface area contributed by atoms with Gasteiger partial charge in [-0.2, -0.15) is 0 Å². The third kappa shape index (κ3) is 7.81. The normalized spacial score (nSPS) is 11.9. The molecule has 4 nitrogen and oxygen atoms in total. The van der Waals surface area contributed by atoms with Gasteiger partial charge in [-0.15, -0.1) is 0 Å². The molecule has 3 aromatic rings. The highest BCUT2D eigenvalue weighted by Gasteiger charge is 2.30. The summed E-state index contributed by atoms with van der Waals surface area (Å²) in [7, 11) is 0. The first kappa shape index (κ1) is 26.2. The van der Waals surface area contributed by atoms with E-state index in [2.05, 4.69) is 55.6 Å². The minimum absolute atomic E-state index is 0.00480. The molecule has 0 aliphatic heterocycles. The van der Waals surface area contributed by atoms with Crippen LogP contribution < -0.4 is 5.32 Å². The molecule has 4 heteroatoms. The van der Waals surface area contributed by atoms with Crippen LogP contribution in [-0.4, -0.2) is 35.8 Å². The van der Waals surface area contributed by atoms with Crippen LogP contribution in [0.2, 0.25) is 0 Å². The van der Waals surface area contributed by atoms with Crippen LogP contribution in [-0.2, 0) is 16.0 Å². The average Bonchev–Trinajstić information content (AvgIpc) is 2.89. The number of hydrogen-bond acceptors (Lipinski definition) is 2. The third-order valence-electron chi connectivity index (χ3n) is 6.34. The highest BCUT2D eigenvalue weighted by Crippen LogP contribution is 2.29. The van der Waals surface area contributed by atoms with Crippen LogP contribution in [0.1, 0.15) is 56.2 Å². The second kappa shape index (κ2) is 13.5. The van der Waals surface area contributed by atoms with E-state index >= 15 is 0 Å². The Balaban J connectivity index is 1.87. The van der Waals surface area contributed by atoms with Crippen molar-refractivity contribution in [2.45, 2.75) is 52.0 Å². The highest BCUT2D eigenvalue weighted by molar-refractivity contribution is 5.88. The monoisotopic (exact) mass is 470 g/mol. The van der Waals surface area contributed by atoms with Gasteiger partial charge in [-0.25, -0.2) is 0 Å². The van der Waals surface area contributed by atoms with Crippen LogP contribution in [0.25, 0.3) is 0 Å². The Kier molecular flexibility index (Phi) is 10.1. The number of rotatable bonds is 12. The summed E-state index contributed by atoms with van der Waals surface area (Å²) in [5, 5.41) is 3.05. The molecule has 35 heavy (non-hydrogen) atoms. The van der Waals surface area contributed by atoms with Crippen molar-refractivity contribution in [3.63, 3.8) is 0 Å². The average molecular weight is 471 g/mol. The molecule has 0 aliphatic carbocycles. The van der Waals surface area contributed by atoms with Gasteiger partial charge in [0.25, 0.3) is 0 Å². The first-order chi connectivity index (χ1) is 17.0. The van der Waals surface area contributed by atoms with Crippen LogP contribution in [0, 0.1) is 5.92 Å². The lowest BCUT2D eigenvalue weighted by atomic mass is 9.88. The Bertz CT molecular complexity index is 996. The molecule has 1 N–H and O–H groups in total. The van der Waals surface area contributed by atoms with Crippen molar-refractivity contribution in [1.82, 2.24) is 10.2 Å². The number of hydrogen-bond donors (Lipinski definition) is 1. The van der Waals surface area contributed by atoms with E-state index in [9.17, 15) is 9.59 Å². The van der Waals surface area contributed by atoms with Crippen LogP contribution in [0.3, 0.4) is 0 Å². The molecule has 0 spiro atoms. The molecule has 0 saturated heterocycles. The Morgan fingerprint density at radius 2 is 1.31 bits per heavy atom. The largest absolute Gasteiger partial charge is 0.354 e. The van der Waals surface area contributed by atoms with Gasteiger partial charge < -0.3 is 10.2 Å². The van der Waals surface area contributed by atoms with E-state index in [-0.39, 0.29) is 17.7 Å². The van der Waals surface area contributed by atoms with E-state index < -0.39 is 6.04 Å². The van der Waals surface area contributed by atoms with Crippen molar-refractivity contribution in [2.75, 3.05) is 13.1 Å². The second-order valence-corrected chi connectivity index (χ2v) is 9.46. The van der Waals surface area contributed by atoms with Crippen molar-refractivity contribution in [2.24, 2.45) is 5.92 Å². The zero-order valence-corrected chi connectivity index (χ0v) is 21.2. The molecule has 0 heterocycles. The van der Waals surface area contributed by atoms with Crippen LogP contribution in [0.4, 0.5) is 0 Å². The van der Waals surface area contributed by atoms with E-state index in [1.54, 1.807) is 0 Å². The predicted octanol–water partition coefficient (Wildman–Crippen LogP) is 5.83. The SMILES string of the molecule is CC[C@H](C(=O)NCC(C)C)N(CCc1ccccc1)C(=O)CC(c1ccccc1)c1ccccc1. The summed E-state index contributed by atoms with van der Waals surface area (Å²) >= 11 is 0. The standard InChI is InChI=1S/C31H38N2O2/c1-4-29(31(35)32-23-24(2)3)33(21-20-25-14-8-5-9-15-25)30(34)22-28(26-16-10-6-11-17-26)27-18-12-7-13-19-27/h5-19,24,28-29H,4,20-23H2,1-3H3,(H,32,35)/t29-/m1/s1. The molecule has 0 aliphatic rings. The highest BCUT2D eigenvalue weighted by atomic mass is 16.2. The summed E-state index contributed by atoms with van der Waals surface area (Å²) in [4.78, 5) is 28.9. The molecule has 1 atom stereocenters. The van der Waals surface area contributed by atoms with Crippen molar-refractivity contribution >= 4 is 11.8 Å². The summed E-state index contributed by atoms with van der Waals surface area (Å²) in [6.45, 7) is 7.24. The molecule has 0 aromatic heterocycles. The van der Waals surface area contributed by atoms with E-state index in [4.69, 9.17) is 0 Å². The lowest BCUT2D eigenvalue weighted by Crippen LogP contribution is -2.50. The predicted molar refractivity (Wildman–Crippen MR) is 143 cm³/mol. The summed E-state index contributed by atoms with van der Waals surface area (Å²) in [5.41, 5.74) is 3.37. The van der Waals surface area contributed by atoms with E-state index in [0.29, 0.717) is 38.3 Å². The second-order valence-electron chi connectivity index (χ2n) is 9.46. The van der Waals surface area contributed by atoms with Crippen molar-refractivity contribution in [3.05, 3.63) is 108 Å². The van der Waals surface area contributed by atoms with Gasteiger partial charge in [-0.3, -0.25) is 9.59 Å². The van der Waals surface area contributed by atoms with Gasteiger partial charge in [-0.1, -0.05) is 112 Å². The van der Waals surface area contributed by atoms with Crippen molar-refractivity contribution < 1.29 is 9.59 Å². The number of amides is 2. The van der Waals surface area contributed by atoms with E-state index in [1.807, 2.05) is 66.4 Å². The fourth-order valence-corrected chi connectivity index (χ4v) is 4.41. The maximum absolute atomic E-state index is 13.9. The van der Waals surface area contributed by atoms with Crippen LogP contribution >= 0.6 is 0 Å².